The molecule has 1 fully saturated rings. The number of hydrogen-bond donors (Lipinski definition) is 2. The summed E-state index contributed by atoms with van der Waals surface area (Å²) in [5.41, 5.74) is 5.88. The molecule has 0 aliphatic heterocycles. The van der Waals surface area contributed by atoms with Gasteiger partial charge in [-0.1, -0.05) is 35.9 Å². The highest BCUT2D eigenvalue weighted by atomic mass is 35.5. The fourth-order valence-electron chi connectivity index (χ4n) is 4.79. The van der Waals surface area contributed by atoms with E-state index in [1.807, 2.05) is 61.5 Å². The first-order valence-corrected chi connectivity index (χ1v) is 12.9. The van der Waals surface area contributed by atoms with Crippen LogP contribution in [-0.4, -0.2) is 59.0 Å². The van der Waals surface area contributed by atoms with Gasteiger partial charge in [-0.3, -0.25) is 14.9 Å². The molecule has 0 unspecified atom stereocenters. The van der Waals surface area contributed by atoms with E-state index in [4.69, 9.17) is 22.0 Å². The highest BCUT2D eigenvalue weighted by Gasteiger charge is 2.25. The van der Waals surface area contributed by atoms with Gasteiger partial charge in [-0.15, -0.1) is 0 Å². The maximum atomic E-state index is 8.61. The molecule has 0 amide bonds. The van der Waals surface area contributed by atoms with Gasteiger partial charge in [-0.25, -0.2) is 9.97 Å². The quantitative estimate of drug-likeness (QED) is 0.218. The second-order valence-electron chi connectivity index (χ2n) is 9.51. The van der Waals surface area contributed by atoms with E-state index >= 15 is 0 Å². The van der Waals surface area contributed by atoms with Crippen LogP contribution in [0, 0.1) is 12.3 Å². The summed E-state index contributed by atoms with van der Waals surface area (Å²) in [7, 11) is 5.94. The first-order chi connectivity index (χ1) is 17.9. The van der Waals surface area contributed by atoms with Gasteiger partial charge in [0.1, 0.15) is 18.0 Å². The van der Waals surface area contributed by atoms with Gasteiger partial charge in [0.15, 0.2) is 5.65 Å². The first-order valence-electron chi connectivity index (χ1n) is 12.5. The maximum Gasteiger partial charge on any atom is 0.150 e. The van der Waals surface area contributed by atoms with Gasteiger partial charge in [0.25, 0.3) is 0 Å². The summed E-state index contributed by atoms with van der Waals surface area (Å²) in [5, 5.41) is 13.5. The van der Waals surface area contributed by atoms with Crippen molar-refractivity contribution in [1.82, 2.24) is 19.4 Å². The molecule has 0 saturated heterocycles. The number of likely N-dealkylation sites (N-methyl/N-ethyl adjacent to an activating group) is 2. The largest absolute Gasteiger partial charge is 0.372 e. The minimum Gasteiger partial charge on any atom is -0.372 e. The average Bonchev–Trinajstić information content (AvgIpc) is 3.72. The minimum atomic E-state index is 0.442. The zero-order chi connectivity index (χ0) is 26.1. The topological polar surface area (TPSA) is 73.1 Å². The zero-order valence-electron chi connectivity index (χ0n) is 21.7. The Morgan fingerprint density at radius 1 is 1.16 bits per heavy atom. The Morgan fingerprint density at radius 2 is 1.92 bits per heavy atom. The molecule has 0 radical (unpaired) electrons. The number of hydrogen-bond acceptors (Lipinski definition) is 5. The number of halogens is 1. The fraction of sp³-hybridized carbons (Fsp3) is 0.276. The molecule has 2 heterocycles. The molecule has 2 N–H and O–H groups in total. The molecule has 2 aromatic heterocycles. The standard InChI is InChI=1S/C29H32ClN7/c1-19-26(20-10-12-21(30)13-11-20)27-28(32-2)33-18-34-29(27)37(19)24-8-5-7-23(17-24)36(4)25(31)9-6-16-35(3)22-14-15-22/h5-13,17-18,22,31H,14-16H2,1-4H3,(H,32,33,34)/b9-6+,31-25?. The summed E-state index contributed by atoms with van der Waals surface area (Å²) in [6, 6.07) is 16.8. The van der Waals surface area contributed by atoms with Crippen molar-refractivity contribution >= 4 is 40.0 Å². The van der Waals surface area contributed by atoms with Crippen LogP contribution in [0.5, 0.6) is 0 Å². The van der Waals surface area contributed by atoms with Gasteiger partial charge in [-0.05, 0) is 68.8 Å². The summed E-state index contributed by atoms with van der Waals surface area (Å²) in [5.74, 6) is 1.21. The number of rotatable bonds is 8. The SMILES string of the molecule is CNc1ncnc2c1c(-c1ccc(Cl)cc1)c(C)n2-c1cccc(N(C)C(=N)/C=C/CN(C)C2CC2)c1. The fourth-order valence-corrected chi connectivity index (χ4v) is 4.92. The van der Waals surface area contributed by atoms with Crippen LogP contribution in [0.15, 0.2) is 67.0 Å². The van der Waals surface area contributed by atoms with Gasteiger partial charge >= 0.3 is 0 Å². The third kappa shape index (κ3) is 4.97. The highest BCUT2D eigenvalue weighted by molar-refractivity contribution is 6.30. The van der Waals surface area contributed by atoms with Crippen molar-refractivity contribution < 1.29 is 0 Å². The number of fused-ring (bicyclic) bond motifs is 1. The number of anilines is 2. The summed E-state index contributed by atoms with van der Waals surface area (Å²) in [6.07, 6.45) is 8.10. The van der Waals surface area contributed by atoms with Gasteiger partial charge in [-0.2, -0.15) is 0 Å². The molecular weight excluding hydrogens is 482 g/mol. The summed E-state index contributed by atoms with van der Waals surface area (Å²) in [6.45, 7) is 2.96. The molecule has 1 saturated carbocycles. The normalized spacial score (nSPS) is 13.6. The lowest BCUT2D eigenvalue weighted by Crippen LogP contribution is -2.25. The lowest BCUT2D eigenvalue weighted by molar-refractivity contribution is 0.360. The van der Waals surface area contributed by atoms with Crippen molar-refractivity contribution in [1.29, 1.82) is 5.41 Å². The van der Waals surface area contributed by atoms with Crippen LogP contribution in [0.2, 0.25) is 5.02 Å². The number of nitrogens with one attached hydrogen (secondary N) is 2. The van der Waals surface area contributed by atoms with Crippen molar-refractivity contribution in [3.63, 3.8) is 0 Å². The predicted molar refractivity (Wildman–Crippen MR) is 155 cm³/mol. The van der Waals surface area contributed by atoms with Crippen LogP contribution < -0.4 is 10.2 Å². The van der Waals surface area contributed by atoms with E-state index in [2.05, 4.69) is 51.9 Å². The molecule has 1 aliphatic carbocycles. The Balaban J connectivity index is 1.53. The van der Waals surface area contributed by atoms with Crippen molar-refractivity contribution in [2.24, 2.45) is 0 Å². The summed E-state index contributed by atoms with van der Waals surface area (Å²) < 4.78 is 2.16. The first kappa shape index (κ1) is 25.0. The third-order valence-corrected chi connectivity index (χ3v) is 7.28. The van der Waals surface area contributed by atoms with E-state index in [0.29, 0.717) is 16.9 Å². The molecule has 0 spiro atoms. The molecule has 2 aromatic carbocycles. The number of aromatic nitrogens is 3. The lowest BCUT2D eigenvalue weighted by atomic mass is 10.0. The van der Waals surface area contributed by atoms with Gasteiger partial charge in [0.2, 0.25) is 0 Å². The van der Waals surface area contributed by atoms with Crippen LogP contribution in [0.1, 0.15) is 18.5 Å². The Morgan fingerprint density at radius 3 is 2.62 bits per heavy atom. The summed E-state index contributed by atoms with van der Waals surface area (Å²) in [4.78, 5) is 13.4. The van der Waals surface area contributed by atoms with E-state index in [1.54, 1.807) is 6.33 Å². The van der Waals surface area contributed by atoms with E-state index < -0.39 is 0 Å². The minimum absolute atomic E-state index is 0.442. The van der Waals surface area contributed by atoms with Gasteiger partial charge < -0.3 is 10.2 Å². The van der Waals surface area contributed by atoms with E-state index in [-0.39, 0.29) is 0 Å². The molecule has 8 heteroatoms. The van der Waals surface area contributed by atoms with E-state index in [0.717, 1.165) is 51.6 Å². The van der Waals surface area contributed by atoms with E-state index in [9.17, 15) is 0 Å². The Labute approximate surface area is 222 Å². The Kier molecular flexibility index (Phi) is 7.00. The number of amidine groups is 1. The smallest absolute Gasteiger partial charge is 0.150 e. The lowest BCUT2D eigenvalue weighted by Gasteiger charge is -2.20. The molecule has 1 aliphatic rings. The molecular formula is C29H32ClN7. The predicted octanol–water partition coefficient (Wildman–Crippen LogP) is 6.15. The third-order valence-electron chi connectivity index (χ3n) is 7.03. The Bertz CT molecular complexity index is 1470. The molecule has 0 bridgehead atoms. The second kappa shape index (κ2) is 10.4. The second-order valence-corrected chi connectivity index (χ2v) is 9.95. The highest BCUT2D eigenvalue weighted by Crippen LogP contribution is 2.39. The average molecular weight is 514 g/mol. The summed E-state index contributed by atoms with van der Waals surface area (Å²) >= 11 is 6.18. The molecule has 5 rings (SSSR count). The number of nitrogens with zero attached hydrogens (tertiary/aromatic N) is 5. The van der Waals surface area contributed by atoms with Gasteiger partial charge in [0, 0.05) is 54.3 Å². The molecule has 37 heavy (non-hydrogen) atoms. The van der Waals surface area contributed by atoms with Crippen molar-refractivity contribution in [2.75, 3.05) is 37.9 Å². The van der Waals surface area contributed by atoms with Crippen LogP contribution in [0.4, 0.5) is 11.5 Å². The maximum absolute atomic E-state index is 8.61. The van der Waals surface area contributed by atoms with Crippen LogP contribution >= 0.6 is 11.6 Å². The molecule has 7 nitrogen and oxygen atoms in total. The van der Waals surface area contributed by atoms with Crippen molar-refractivity contribution in [3.05, 3.63) is 77.7 Å². The van der Waals surface area contributed by atoms with E-state index in [1.165, 1.54) is 12.8 Å². The zero-order valence-corrected chi connectivity index (χ0v) is 22.4. The monoisotopic (exact) mass is 513 g/mol. The molecule has 0 atom stereocenters. The van der Waals surface area contributed by atoms with Crippen molar-refractivity contribution in [2.45, 2.75) is 25.8 Å². The van der Waals surface area contributed by atoms with Gasteiger partial charge in [0.05, 0.1) is 5.39 Å². The Hall–Kier alpha value is -3.68. The van der Waals surface area contributed by atoms with Crippen LogP contribution in [0.25, 0.3) is 27.8 Å². The van der Waals surface area contributed by atoms with Crippen molar-refractivity contribution in [3.8, 4) is 16.8 Å². The molecule has 190 valence electrons. The van der Waals surface area contributed by atoms with Crippen LogP contribution in [-0.2, 0) is 0 Å². The molecule has 4 aromatic rings. The van der Waals surface area contributed by atoms with Crippen LogP contribution in [0.3, 0.4) is 0 Å². The number of benzene rings is 2.